The molecule has 3 aromatic carbocycles. The Morgan fingerprint density at radius 2 is 0.938 bits per heavy atom. The molecule has 0 radical (unpaired) electrons. The number of benzene rings is 3. The molecule has 48 heavy (non-hydrogen) atoms. The molecule has 2 N–H and O–H groups in total. The molecule has 242 valence electrons. The van der Waals surface area contributed by atoms with Crippen LogP contribution >= 0.6 is 0 Å². The van der Waals surface area contributed by atoms with Crippen molar-refractivity contribution in [2.24, 2.45) is 0 Å². The van der Waals surface area contributed by atoms with Crippen molar-refractivity contribution in [2.45, 2.75) is 34.0 Å². The molecule has 0 saturated heterocycles. The second-order valence-electron chi connectivity index (χ2n) is 11.0. The van der Waals surface area contributed by atoms with Crippen LogP contribution in [0.5, 0.6) is 0 Å². The molecule has 14 heteroatoms. The van der Waals surface area contributed by atoms with Gasteiger partial charge in [-0.3, -0.25) is 28.7 Å². The largest absolute Gasteiger partial charge is 0.390 e. The van der Waals surface area contributed by atoms with Crippen LogP contribution in [0.1, 0.15) is 28.1 Å². The molecule has 6 aromatic rings. The highest BCUT2D eigenvalue weighted by atomic mass is 16.3. The standard InChI is InChI=1S/C34H29N7O7/c1-20-6-4-5-7-27(20)39-32(46)40(28-10-8-23(16-21(28)2)37-14-12-35-25(18-42)30(37)44)34(48)41(33(39)47)29-11-9-24(17-22(29)3)38-15-13-36-26(19-43)31(38)45/h4-17,42-43H,18-19H2,1-3H3. The zero-order valence-corrected chi connectivity index (χ0v) is 26.1. The summed E-state index contributed by atoms with van der Waals surface area (Å²) in [4.78, 5) is 76.0. The first kappa shape index (κ1) is 31.7. The minimum atomic E-state index is -0.936. The van der Waals surface area contributed by atoms with Gasteiger partial charge in [0, 0.05) is 36.2 Å². The Bertz CT molecular complexity index is 2390. The second-order valence-corrected chi connectivity index (χ2v) is 11.0. The third kappa shape index (κ3) is 5.24. The lowest BCUT2D eigenvalue weighted by Gasteiger charge is -2.18. The van der Waals surface area contributed by atoms with E-state index >= 15 is 0 Å². The molecule has 0 fully saturated rings. The van der Waals surface area contributed by atoms with Crippen LogP contribution in [0.3, 0.4) is 0 Å². The molecule has 0 saturated carbocycles. The molecule has 0 aliphatic carbocycles. The third-order valence-corrected chi connectivity index (χ3v) is 8.03. The number of rotatable bonds is 7. The average molecular weight is 648 g/mol. The smallest absolute Gasteiger partial charge is 0.345 e. The summed E-state index contributed by atoms with van der Waals surface area (Å²) in [5.41, 5.74) is -0.978. The van der Waals surface area contributed by atoms with E-state index in [-0.39, 0.29) is 28.5 Å². The van der Waals surface area contributed by atoms with Crippen LogP contribution in [0.15, 0.2) is 109 Å². The zero-order valence-electron chi connectivity index (χ0n) is 26.1. The maximum atomic E-state index is 14.3. The molecule has 0 unspecified atom stereocenters. The predicted octanol–water partition coefficient (Wildman–Crippen LogP) is 1.14. The van der Waals surface area contributed by atoms with Crippen molar-refractivity contribution in [1.82, 2.24) is 32.8 Å². The van der Waals surface area contributed by atoms with Crippen LogP contribution in [0, 0.1) is 20.8 Å². The van der Waals surface area contributed by atoms with E-state index in [9.17, 15) is 34.2 Å². The topological polar surface area (TPSA) is 176 Å². The Balaban J connectivity index is 1.61. The summed E-state index contributed by atoms with van der Waals surface area (Å²) in [6.07, 6.45) is 5.62. The highest BCUT2D eigenvalue weighted by Crippen LogP contribution is 2.19. The van der Waals surface area contributed by atoms with Crippen LogP contribution in [0.2, 0.25) is 0 Å². The van der Waals surface area contributed by atoms with Gasteiger partial charge < -0.3 is 10.2 Å². The summed E-state index contributed by atoms with van der Waals surface area (Å²) in [6.45, 7) is 3.96. The molecule has 0 aliphatic rings. The molecule has 0 aliphatic heterocycles. The monoisotopic (exact) mass is 647 g/mol. The lowest BCUT2D eigenvalue weighted by Crippen LogP contribution is -2.53. The number of para-hydroxylation sites is 1. The first-order valence-corrected chi connectivity index (χ1v) is 14.7. The summed E-state index contributed by atoms with van der Waals surface area (Å²) in [6, 6.07) is 16.1. The SMILES string of the molecule is Cc1ccccc1-n1c(=O)n(-c2ccc(-n3ccnc(CO)c3=O)cc2C)c(=O)n(-c2ccc(-n3ccnc(CO)c3=O)cc2C)c1=O. The Labute approximate surface area is 271 Å². The summed E-state index contributed by atoms with van der Waals surface area (Å²) < 4.78 is 5.30. The van der Waals surface area contributed by atoms with E-state index in [0.717, 1.165) is 13.7 Å². The highest BCUT2D eigenvalue weighted by Gasteiger charge is 2.22. The van der Waals surface area contributed by atoms with Crippen molar-refractivity contribution in [3.8, 4) is 28.4 Å². The van der Waals surface area contributed by atoms with Gasteiger partial charge in [-0.25, -0.2) is 28.1 Å². The fourth-order valence-corrected chi connectivity index (χ4v) is 5.59. The van der Waals surface area contributed by atoms with Gasteiger partial charge in [-0.15, -0.1) is 0 Å². The number of aryl methyl sites for hydroxylation is 3. The predicted molar refractivity (Wildman–Crippen MR) is 176 cm³/mol. The van der Waals surface area contributed by atoms with Crippen molar-refractivity contribution in [3.63, 3.8) is 0 Å². The fourth-order valence-electron chi connectivity index (χ4n) is 5.59. The molecule has 0 atom stereocenters. The van der Waals surface area contributed by atoms with E-state index in [1.54, 1.807) is 57.2 Å². The van der Waals surface area contributed by atoms with Gasteiger partial charge in [-0.1, -0.05) is 18.2 Å². The molecular weight excluding hydrogens is 618 g/mol. The lowest BCUT2D eigenvalue weighted by atomic mass is 10.1. The van der Waals surface area contributed by atoms with Gasteiger partial charge in [-0.05, 0) is 79.9 Å². The van der Waals surface area contributed by atoms with E-state index in [1.807, 2.05) is 0 Å². The average Bonchev–Trinajstić information content (AvgIpc) is 3.07. The van der Waals surface area contributed by atoms with Gasteiger partial charge in [0.2, 0.25) is 0 Å². The lowest BCUT2D eigenvalue weighted by molar-refractivity contribution is 0.274. The van der Waals surface area contributed by atoms with Gasteiger partial charge in [0.1, 0.15) is 11.4 Å². The first-order valence-electron chi connectivity index (χ1n) is 14.7. The molecule has 0 bridgehead atoms. The number of aliphatic hydroxyl groups is 2. The molecule has 14 nitrogen and oxygen atoms in total. The van der Waals surface area contributed by atoms with Gasteiger partial charge >= 0.3 is 17.1 Å². The summed E-state index contributed by atoms with van der Waals surface area (Å²) in [7, 11) is 0. The first-order chi connectivity index (χ1) is 23.1. The molecule has 0 amide bonds. The summed E-state index contributed by atoms with van der Waals surface area (Å²) in [5, 5.41) is 19.0. The Kier molecular flexibility index (Phi) is 8.27. The molecular formula is C34H29N7O7. The van der Waals surface area contributed by atoms with Crippen LogP contribution in [0.4, 0.5) is 0 Å². The quantitative estimate of drug-likeness (QED) is 0.257. The van der Waals surface area contributed by atoms with E-state index in [4.69, 9.17) is 0 Å². The second kappa shape index (κ2) is 12.5. The number of nitrogens with zero attached hydrogens (tertiary/aromatic N) is 7. The van der Waals surface area contributed by atoms with Crippen molar-refractivity contribution >= 4 is 0 Å². The zero-order chi connectivity index (χ0) is 34.3. The van der Waals surface area contributed by atoms with Crippen LogP contribution in [0.25, 0.3) is 28.4 Å². The number of aromatic nitrogens is 7. The van der Waals surface area contributed by atoms with Gasteiger partial charge in [0.15, 0.2) is 0 Å². The molecule has 0 spiro atoms. The number of hydrogen-bond acceptors (Lipinski definition) is 9. The minimum absolute atomic E-state index is 0.0484. The summed E-state index contributed by atoms with van der Waals surface area (Å²) in [5.74, 6) is 0. The number of hydrogen-bond donors (Lipinski definition) is 2. The maximum absolute atomic E-state index is 14.3. The van der Waals surface area contributed by atoms with Gasteiger partial charge in [0.05, 0.1) is 30.3 Å². The molecule has 3 heterocycles. The van der Waals surface area contributed by atoms with Gasteiger partial charge in [-0.2, -0.15) is 0 Å². The molecule has 6 rings (SSSR count). The Morgan fingerprint density at radius 1 is 0.542 bits per heavy atom. The van der Waals surface area contributed by atoms with E-state index < -0.39 is 41.4 Å². The van der Waals surface area contributed by atoms with Crippen LogP contribution in [-0.4, -0.2) is 43.0 Å². The van der Waals surface area contributed by atoms with E-state index in [2.05, 4.69) is 9.97 Å². The number of aliphatic hydroxyl groups excluding tert-OH is 2. The van der Waals surface area contributed by atoms with E-state index in [1.165, 1.54) is 58.2 Å². The minimum Gasteiger partial charge on any atom is -0.390 e. The molecule has 3 aromatic heterocycles. The van der Waals surface area contributed by atoms with Crippen molar-refractivity contribution in [1.29, 1.82) is 0 Å². The van der Waals surface area contributed by atoms with Gasteiger partial charge in [0.25, 0.3) is 11.1 Å². The summed E-state index contributed by atoms with van der Waals surface area (Å²) >= 11 is 0. The Morgan fingerprint density at radius 3 is 1.31 bits per heavy atom. The maximum Gasteiger partial charge on any atom is 0.345 e. The van der Waals surface area contributed by atoms with Crippen molar-refractivity contribution < 1.29 is 10.2 Å². The highest BCUT2D eigenvalue weighted by molar-refractivity contribution is 5.51. The van der Waals surface area contributed by atoms with Crippen molar-refractivity contribution in [2.75, 3.05) is 0 Å². The normalized spacial score (nSPS) is 11.2. The van der Waals surface area contributed by atoms with Crippen LogP contribution < -0.4 is 28.2 Å². The third-order valence-electron chi connectivity index (χ3n) is 8.03. The van der Waals surface area contributed by atoms with E-state index in [0.29, 0.717) is 28.1 Å². The Hall–Kier alpha value is -6.25. The fraction of sp³-hybridized carbons (Fsp3) is 0.147. The van der Waals surface area contributed by atoms with Crippen LogP contribution in [-0.2, 0) is 13.2 Å². The van der Waals surface area contributed by atoms with Crippen molar-refractivity contribution in [3.05, 3.63) is 166 Å².